The maximum Gasteiger partial charge on any atom is 0.0713 e. The zero-order valence-corrected chi connectivity index (χ0v) is 34.7. The Bertz CT molecular complexity index is 2870. The lowest BCUT2D eigenvalue weighted by atomic mass is 9.67. The first-order valence-corrected chi connectivity index (χ1v) is 21.6. The lowest BCUT2D eigenvalue weighted by Gasteiger charge is -2.34. The van der Waals surface area contributed by atoms with Gasteiger partial charge in [0.05, 0.1) is 5.41 Å². The van der Waals surface area contributed by atoms with Crippen LogP contribution < -0.4 is 4.90 Å². The molecule has 2 aliphatic rings. The normalized spacial score (nSPS) is 13.9. The summed E-state index contributed by atoms with van der Waals surface area (Å²) >= 11 is 0. The summed E-state index contributed by atoms with van der Waals surface area (Å²) in [5.74, 6) is 0.234. The Hall–Kier alpha value is -7.22. The van der Waals surface area contributed by atoms with Crippen LogP contribution in [0.5, 0.6) is 0 Å². The highest BCUT2D eigenvalue weighted by Gasteiger charge is 2.48. The Morgan fingerprint density at radius 2 is 0.770 bits per heavy atom. The molecule has 0 aromatic heterocycles. The third-order valence-corrected chi connectivity index (χ3v) is 13.5. The predicted octanol–water partition coefficient (Wildman–Crippen LogP) is 15.2. The smallest absolute Gasteiger partial charge is 0.0713 e. The number of nitrogens with zero attached hydrogens (tertiary/aromatic N) is 1. The van der Waals surface area contributed by atoms with Gasteiger partial charge >= 0.3 is 0 Å². The molecule has 292 valence electrons. The first-order chi connectivity index (χ1) is 30.0. The minimum absolute atomic E-state index is 0.224. The lowest BCUT2D eigenvalue weighted by molar-refractivity contribution is 0.660. The zero-order valence-electron chi connectivity index (χ0n) is 34.7. The number of rotatable bonds is 9. The van der Waals surface area contributed by atoms with Gasteiger partial charge in [0.2, 0.25) is 0 Å². The maximum absolute atomic E-state index is 2.57. The second-order valence-electron chi connectivity index (χ2n) is 17.2. The van der Waals surface area contributed by atoms with Crippen LogP contribution >= 0.6 is 0 Å². The van der Waals surface area contributed by atoms with E-state index in [2.05, 4.69) is 249 Å². The van der Waals surface area contributed by atoms with E-state index in [0.29, 0.717) is 0 Å². The molecule has 11 rings (SSSR count). The van der Waals surface area contributed by atoms with Gasteiger partial charge in [-0.3, -0.25) is 0 Å². The minimum Gasteiger partial charge on any atom is -0.310 e. The van der Waals surface area contributed by atoms with Crippen molar-refractivity contribution in [2.24, 2.45) is 0 Å². The van der Waals surface area contributed by atoms with E-state index >= 15 is 0 Å². The number of hydrogen-bond acceptors (Lipinski definition) is 1. The molecule has 0 unspecified atom stereocenters. The third kappa shape index (κ3) is 5.99. The van der Waals surface area contributed by atoms with Gasteiger partial charge in [0.25, 0.3) is 0 Å². The van der Waals surface area contributed by atoms with E-state index in [4.69, 9.17) is 0 Å². The van der Waals surface area contributed by atoms with Crippen molar-refractivity contribution in [3.8, 4) is 22.3 Å². The van der Waals surface area contributed by atoms with E-state index in [0.717, 1.165) is 23.5 Å². The summed E-state index contributed by atoms with van der Waals surface area (Å²) in [4.78, 5) is 2.38. The fourth-order valence-corrected chi connectivity index (χ4v) is 10.7. The van der Waals surface area contributed by atoms with Gasteiger partial charge in [-0.05, 0) is 127 Å². The summed E-state index contributed by atoms with van der Waals surface area (Å²) < 4.78 is 0. The Morgan fingerprint density at radius 3 is 1.31 bits per heavy atom. The van der Waals surface area contributed by atoms with E-state index in [1.807, 2.05) is 0 Å². The summed E-state index contributed by atoms with van der Waals surface area (Å²) in [7, 11) is 0. The topological polar surface area (TPSA) is 3.24 Å². The lowest BCUT2D eigenvalue weighted by Crippen LogP contribution is -2.29. The van der Waals surface area contributed by atoms with Crippen LogP contribution in [-0.4, -0.2) is 0 Å². The Balaban J connectivity index is 1.11. The van der Waals surface area contributed by atoms with Gasteiger partial charge in [0.1, 0.15) is 0 Å². The Kier molecular flexibility index (Phi) is 8.94. The van der Waals surface area contributed by atoms with Gasteiger partial charge in [-0.25, -0.2) is 0 Å². The van der Waals surface area contributed by atoms with Crippen molar-refractivity contribution in [2.75, 3.05) is 4.90 Å². The summed E-state index contributed by atoms with van der Waals surface area (Å²) in [6, 6.07) is 85.6. The molecule has 0 amide bonds. The highest BCUT2D eigenvalue weighted by Crippen LogP contribution is 2.60. The highest BCUT2D eigenvalue weighted by atomic mass is 15.1. The van der Waals surface area contributed by atoms with E-state index in [1.165, 1.54) is 72.3 Å². The summed E-state index contributed by atoms with van der Waals surface area (Å²) in [6.45, 7) is 4.83. The molecule has 0 aliphatic heterocycles. The molecule has 1 nitrogen and oxygen atoms in total. The van der Waals surface area contributed by atoms with Gasteiger partial charge < -0.3 is 4.90 Å². The highest BCUT2D eigenvalue weighted by molar-refractivity contribution is 5.93. The maximum atomic E-state index is 2.57. The first kappa shape index (κ1) is 36.8. The molecule has 9 aromatic carbocycles. The van der Waals surface area contributed by atoms with Crippen LogP contribution in [0.1, 0.15) is 69.8 Å². The van der Waals surface area contributed by atoms with Crippen molar-refractivity contribution in [1.82, 2.24) is 0 Å². The standard InChI is InChI=1S/C60H47N/c1-59(2)55-39-49(61(47-29-17-7-18-30-47)48-31-19-8-20-32-48)34-36-50(55)53-41-58-54(40-56(53)59)51-35-33-42(37-52(43-21-9-3-10-22-43)44-23-11-4-12-24-44)38-57(51)60(58,45-25-13-5-14-26-45)46-27-15-6-16-28-46/h3-36,38-41,52H,37H2,1-2H3. The summed E-state index contributed by atoms with van der Waals surface area (Å²) in [5.41, 5.74) is 20.0. The Labute approximate surface area is 360 Å². The number of benzene rings is 9. The van der Waals surface area contributed by atoms with Crippen molar-refractivity contribution < 1.29 is 0 Å². The fraction of sp³-hybridized carbons (Fsp3) is 0.100. The van der Waals surface area contributed by atoms with E-state index < -0.39 is 5.41 Å². The van der Waals surface area contributed by atoms with Crippen LogP contribution in [-0.2, 0) is 17.3 Å². The summed E-state index contributed by atoms with van der Waals surface area (Å²) in [6.07, 6.45) is 0.902. The van der Waals surface area contributed by atoms with Crippen LogP contribution in [0, 0.1) is 0 Å². The van der Waals surface area contributed by atoms with Crippen molar-refractivity contribution in [3.63, 3.8) is 0 Å². The number of fused-ring (bicyclic) bond motifs is 6. The van der Waals surface area contributed by atoms with Gasteiger partial charge in [0, 0.05) is 28.4 Å². The molecule has 9 aromatic rings. The molecule has 0 N–H and O–H groups in total. The quantitative estimate of drug-likeness (QED) is 0.141. The summed E-state index contributed by atoms with van der Waals surface area (Å²) in [5, 5.41) is 0. The molecule has 0 atom stereocenters. The molecule has 0 saturated carbocycles. The second kappa shape index (κ2) is 14.8. The SMILES string of the molecule is CC1(C)c2cc(N(c3ccccc3)c3ccccc3)ccc2-c2cc3c(cc21)-c1ccc(CC(c2ccccc2)c2ccccc2)cc1C3(c1ccccc1)c1ccccc1. The molecule has 1 heteroatoms. The monoisotopic (exact) mass is 781 g/mol. The zero-order chi connectivity index (χ0) is 41.0. The van der Waals surface area contributed by atoms with Gasteiger partial charge in [-0.15, -0.1) is 0 Å². The number of para-hydroxylation sites is 2. The molecule has 0 saturated heterocycles. The molecule has 0 fully saturated rings. The average molecular weight is 782 g/mol. The number of anilines is 3. The van der Waals surface area contributed by atoms with Crippen LogP contribution in [0.25, 0.3) is 22.3 Å². The minimum atomic E-state index is -0.516. The first-order valence-electron chi connectivity index (χ1n) is 21.6. The third-order valence-electron chi connectivity index (χ3n) is 13.5. The van der Waals surface area contributed by atoms with E-state index in [-0.39, 0.29) is 11.3 Å². The second-order valence-corrected chi connectivity index (χ2v) is 17.2. The largest absolute Gasteiger partial charge is 0.310 e. The molecule has 0 radical (unpaired) electrons. The van der Waals surface area contributed by atoms with Crippen molar-refractivity contribution in [2.45, 2.75) is 37.0 Å². The molecular formula is C60H47N. The van der Waals surface area contributed by atoms with Crippen molar-refractivity contribution in [3.05, 3.63) is 281 Å². The molecule has 0 heterocycles. The molecular weight excluding hydrogens is 735 g/mol. The Morgan fingerprint density at radius 1 is 0.361 bits per heavy atom. The van der Waals surface area contributed by atoms with Crippen LogP contribution in [0.4, 0.5) is 17.1 Å². The van der Waals surface area contributed by atoms with Gasteiger partial charge in [-0.1, -0.05) is 196 Å². The molecule has 0 bridgehead atoms. The van der Waals surface area contributed by atoms with Crippen LogP contribution in [0.3, 0.4) is 0 Å². The van der Waals surface area contributed by atoms with Crippen molar-refractivity contribution in [1.29, 1.82) is 0 Å². The average Bonchev–Trinajstić information content (AvgIpc) is 3.73. The molecule has 0 spiro atoms. The van der Waals surface area contributed by atoms with Gasteiger partial charge in [0.15, 0.2) is 0 Å². The van der Waals surface area contributed by atoms with Crippen LogP contribution in [0.15, 0.2) is 231 Å². The van der Waals surface area contributed by atoms with Crippen molar-refractivity contribution >= 4 is 17.1 Å². The molecule has 2 aliphatic carbocycles. The molecule has 61 heavy (non-hydrogen) atoms. The van der Waals surface area contributed by atoms with Gasteiger partial charge in [-0.2, -0.15) is 0 Å². The number of hydrogen-bond donors (Lipinski definition) is 0. The van der Waals surface area contributed by atoms with Crippen LogP contribution in [0.2, 0.25) is 0 Å². The van der Waals surface area contributed by atoms with E-state index in [9.17, 15) is 0 Å². The predicted molar refractivity (Wildman–Crippen MR) is 254 cm³/mol. The van der Waals surface area contributed by atoms with E-state index in [1.54, 1.807) is 0 Å². The fourth-order valence-electron chi connectivity index (χ4n) is 10.7.